The van der Waals surface area contributed by atoms with Gasteiger partial charge in [-0.3, -0.25) is 0 Å². The summed E-state index contributed by atoms with van der Waals surface area (Å²) >= 11 is 0. The molecule has 0 aromatic carbocycles. The maximum absolute atomic E-state index is 5.12. The third kappa shape index (κ3) is 3.76. The van der Waals surface area contributed by atoms with Crippen LogP contribution in [0.5, 0.6) is 0 Å². The number of hydrogen-bond acceptors (Lipinski definition) is 2. The molecule has 0 aromatic heterocycles. The molecule has 2 N–H and O–H groups in total. The molecular formula is C10H16N2. The van der Waals surface area contributed by atoms with E-state index in [1.807, 2.05) is 32.9 Å². The van der Waals surface area contributed by atoms with Crippen molar-refractivity contribution in [2.24, 2.45) is 10.9 Å². The number of nitrogens with zero attached hydrogens (tertiary/aromatic N) is 1. The predicted octanol–water partition coefficient (Wildman–Crippen LogP) is 2.40. The lowest BCUT2D eigenvalue weighted by molar-refractivity contribution is 1.23. The normalized spacial score (nSPS) is 14.8. The molecule has 0 aliphatic rings. The minimum Gasteiger partial charge on any atom is -0.323 e. The van der Waals surface area contributed by atoms with Crippen molar-refractivity contribution in [2.75, 3.05) is 0 Å². The van der Waals surface area contributed by atoms with Crippen molar-refractivity contribution in [1.82, 2.24) is 0 Å². The fraction of sp³-hybridized carbons (Fsp3) is 0.300. The number of nitrogens with two attached hydrogens (primary N) is 1. The maximum atomic E-state index is 5.12. The molecule has 0 aliphatic carbocycles. The lowest BCUT2D eigenvalue weighted by atomic mass is 10.1. The van der Waals surface area contributed by atoms with Gasteiger partial charge in [-0.15, -0.1) is 0 Å². The zero-order chi connectivity index (χ0) is 9.56. The Morgan fingerprint density at radius 3 is 2.25 bits per heavy atom. The van der Waals surface area contributed by atoms with Crippen molar-refractivity contribution >= 4 is 5.71 Å². The van der Waals surface area contributed by atoms with Crippen LogP contribution in [0.1, 0.15) is 20.8 Å². The molecule has 0 radical (unpaired) electrons. The highest BCUT2D eigenvalue weighted by Crippen LogP contribution is 1.99. The molecule has 0 bridgehead atoms. The number of rotatable bonds is 3. The Morgan fingerprint density at radius 1 is 1.25 bits per heavy atom. The van der Waals surface area contributed by atoms with Crippen LogP contribution in [0.25, 0.3) is 0 Å². The average Bonchev–Trinajstić information content (AvgIpc) is 2.11. The summed E-state index contributed by atoms with van der Waals surface area (Å²) in [7, 11) is 0. The second-order valence-electron chi connectivity index (χ2n) is 2.68. The summed E-state index contributed by atoms with van der Waals surface area (Å²) in [5.41, 5.74) is 3.04. The highest BCUT2D eigenvalue weighted by Gasteiger charge is 1.90. The van der Waals surface area contributed by atoms with E-state index in [9.17, 15) is 0 Å². The minimum atomic E-state index is 0.850. The maximum Gasteiger partial charge on any atom is 0.0598 e. The number of hydrogen-bond donors (Lipinski definition) is 1. The highest BCUT2D eigenvalue weighted by atomic mass is 15.1. The van der Waals surface area contributed by atoms with E-state index < -0.39 is 0 Å². The van der Waals surface area contributed by atoms with E-state index >= 15 is 0 Å². The molecule has 0 saturated heterocycles. The largest absolute Gasteiger partial charge is 0.323 e. The first-order valence-corrected chi connectivity index (χ1v) is 3.84. The standard InChI is InChI=1S/C10H16N2/c1-5-8(2)6-7-9(3)10(4)12-11/h5-7H,1,11H2,2-4H3/b8-6?,9-7-,12-10+. The molecule has 0 rings (SSSR count). The van der Waals surface area contributed by atoms with Gasteiger partial charge in [0.2, 0.25) is 0 Å². The van der Waals surface area contributed by atoms with Gasteiger partial charge in [-0.1, -0.05) is 30.4 Å². The predicted molar refractivity (Wildman–Crippen MR) is 55.0 cm³/mol. The fourth-order valence-electron chi connectivity index (χ4n) is 0.547. The van der Waals surface area contributed by atoms with E-state index in [0.29, 0.717) is 0 Å². The summed E-state index contributed by atoms with van der Waals surface area (Å²) in [4.78, 5) is 0. The Kier molecular flexibility index (Phi) is 4.77. The molecular weight excluding hydrogens is 148 g/mol. The van der Waals surface area contributed by atoms with Crippen molar-refractivity contribution in [2.45, 2.75) is 20.8 Å². The van der Waals surface area contributed by atoms with Gasteiger partial charge in [0, 0.05) is 0 Å². The van der Waals surface area contributed by atoms with Crippen molar-refractivity contribution in [3.63, 3.8) is 0 Å². The second kappa shape index (κ2) is 5.35. The van der Waals surface area contributed by atoms with E-state index in [2.05, 4.69) is 11.7 Å². The number of allylic oxidation sites excluding steroid dienone is 5. The molecule has 0 fully saturated rings. The van der Waals surface area contributed by atoms with Crippen LogP contribution in [-0.2, 0) is 0 Å². The Bertz CT molecular complexity index is 245. The molecule has 0 unspecified atom stereocenters. The molecule has 0 atom stereocenters. The summed E-state index contributed by atoms with van der Waals surface area (Å²) in [5.74, 6) is 5.12. The smallest absolute Gasteiger partial charge is 0.0598 e. The third-order valence-corrected chi connectivity index (χ3v) is 1.68. The summed E-state index contributed by atoms with van der Waals surface area (Å²) in [5, 5.41) is 3.59. The van der Waals surface area contributed by atoms with Gasteiger partial charge < -0.3 is 5.84 Å². The molecule has 0 heterocycles. The Labute approximate surface area is 74.2 Å². The van der Waals surface area contributed by atoms with Crippen LogP contribution in [0.2, 0.25) is 0 Å². The van der Waals surface area contributed by atoms with Gasteiger partial charge in [-0.25, -0.2) is 0 Å². The number of hydrazone groups is 1. The summed E-state index contributed by atoms with van der Waals surface area (Å²) in [6, 6.07) is 0. The van der Waals surface area contributed by atoms with Crippen molar-refractivity contribution in [3.05, 3.63) is 36.0 Å². The molecule has 2 heteroatoms. The van der Waals surface area contributed by atoms with Gasteiger partial charge >= 0.3 is 0 Å². The molecule has 0 spiro atoms. The molecule has 0 saturated carbocycles. The van der Waals surface area contributed by atoms with Crippen LogP contribution in [0.3, 0.4) is 0 Å². The minimum absolute atomic E-state index is 0.850. The van der Waals surface area contributed by atoms with E-state index in [1.165, 1.54) is 0 Å². The van der Waals surface area contributed by atoms with Crippen molar-refractivity contribution in [1.29, 1.82) is 0 Å². The van der Waals surface area contributed by atoms with Crippen LogP contribution in [0.4, 0.5) is 0 Å². The van der Waals surface area contributed by atoms with E-state index in [-0.39, 0.29) is 0 Å². The fourth-order valence-corrected chi connectivity index (χ4v) is 0.547. The quantitative estimate of drug-likeness (QED) is 0.296. The lowest BCUT2D eigenvalue weighted by Crippen LogP contribution is -1.97. The van der Waals surface area contributed by atoms with Gasteiger partial charge in [-0.2, -0.15) is 5.10 Å². The SMILES string of the molecule is C=CC(C)=C/C=C(C)\C(C)=N\N. The van der Waals surface area contributed by atoms with Crippen LogP contribution < -0.4 is 5.84 Å². The van der Waals surface area contributed by atoms with Gasteiger partial charge in [0.15, 0.2) is 0 Å². The van der Waals surface area contributed by atoms with Gasteiger partial charge in [-0.05, 0) is 26.3 Å². The van der Waals surface area contributed by atoms with E-state index in [4.69, 9.17) is 5.84 Å². The van der Waals surface area contributed by atoms with Crippen LogP contribution >= 0.6 is 0 Å². The van der Waals surface area contributed by atoms with E-state index in [0.717, 1.165) is 16.9 Å². The molecule has 12 heavy (non-hydrogen) atoms. The summed E-state index contributed by atoms with van der Waals surface area (Å²) in [6.45, 7) is 9.49. The first kappa shape index (κ1) is 10.7. The third-order valence-electron chi connectivity index (χ3n) is 1.68. The second-order valence-corrected chi connectivity index (χ2v) is 2.68. The van der Waals surface area contributed by atoms with Crippen molar-refractivity contribution in [3.8, 4) is 0 Å². The Hall–Kier alpha value is -1.31. The van der Waals surface area contributed by atoms with Crippen molar-refractivity contribution < 1.29 is 0 Å². The Balaban J connectivity index is 4.48. The summed E-state index contributed by atoms with van der Waals surface area (Å²) in [6.07, 6.45) is 5.76. The highest BCUT2D eigenvalue weighted by molar-refractivity contribution is 5.97. The first-order valence-electron chi connectivity index (χ1n) is 3.84. The molecule has 0 amide bonds. The van der Waals surface area contributed by atoms with Gasteiger partial charge in [0.25, 0.3) is 0 Å². The molecule has 0 aliphatic heterocycles. The molecule has 66 valence electrons. The zero-order valence-electron chi connectivity index (χ0n) is 7.96. The Morgan fingerprint density at radius 2 is 1.83 bits per heavy atom. The summed E-state index contributed by atoms with van der Waals surface area (Å²) < 4.78 is 0. The van der Waals surface area contributed by atoms with E-state index in [1.54, 1.807) is 6.08 Å². The van der Waals surface area contributed by atoms with Crippen LogP contribution in [0.15, 0.2) is 41.1 Å². The monoisotopic (exact) mass is 164 g/mol. The average molecular weight is 164 g/mol. The molecule has 0 aromatic rings. The zero-order valence-corrected chi connectivity index (χ0v) is 7.96. The van der Waals surface area contributed by atoms with Crippen LogP contribution in [-0.4, -0.2) is 5.71 Å². The first-order chi connectivity index (χ1) is 5.61. The van der Waals surface area contributed by atoms with Crippen LogP contribution in [0, 0.1) is 0 Å². The molecule has 2 nitrogen and oxygen atoms in total. The lowest BCUT2D eigenvalue weighted by Gasteiger charge is -1.95. The topological polar surface area (TPSA) is 38.4 Å². The van der Waals surface area contributed by atoms with Gasteiger partial charge in [0.1, 0.15) is 0 Å². The van der Waals surface area contributed by atoms with Gasteiger partial charge in [0.05, 0.1) is 5.71 Å².